The normalized spacial score (nSPS) is 10.7. The van der Waals surface area contributed by atoms with Crippen molar-refractivity contribution in [3.8, 4) is 0 Å². The summed E-state index contributed by atoms with van der Waals surface area (Å²) in [6, 6.07) is -0.595. The van der Waals surface area contributed by atoms with Crippen molar-refractivity contribution in [3.05, 3.63) is 0 Å². The molecule has 0 saturated heterocycles. The summed E-state index contributed by atoms with van der Waals surface area (Å²) in [5.74, 6) is -1.66. The molecule has 0 aromatic carbocycles. The molecule has 0 spiro atoms. The van der Waals surface area contributed by atoms with Gasteiger partial charge in [0.1, 0.15) is 0 Å². The summed E-state index contributed by atoms with van der Waals surface area (Å²) in [6.45, 7) is 5.56. The van der Waals surface area contributed by atoms with Gasteiger partial charge in [0.05, 0.1) is 6.42 Å². The summed E-state index contributed by atoms with van der Waals surface area (Å²) in [4.78, 5) is 32.6. The molecule has 0 unspecified atom stereocenters. The van der Waals surface area contributed by atoms with Crippen molar-refractivity contribution in [2.45, 2.75) is 45.6 Å². The van der Waals surface area contributed by atoms with E-state index in [1.165, 1.54) is 0 Å². The Bertz CT molecular complexity index is 287. The van der Waals surface area contributed by atoms with Crippen molar-refractivity contribution in [2.24, 2.45) is 0 Å². The number of aliphatic carboxylic acids is 1. The standard InChI is InChI=1S/C10H18N2O4/c1-4-10(2,3)12-9(16)11-7(13)5-6-8(14)15/h4-6H2,1-3H3,(H,14,15)(H2,11,12,13,16). The molecule has 0 aliphatic carbocycles. The molecule has 16 heavy (non-hydrogen) atoms. The van der Waals surface area contributed by atoms with Crippen LogP contribution in [0.25, 0.3) is 0 Å². The monoisotopic (exact) mass is 230 g/mol. The van der Waals surface area contributed by atoms with Gasteiger partial charge in [0.2, 0.25) is 5.91 Å². The van der Waals surface area contributed by atoms with Crippen LogP contribution in [0.4, 0.5) is 4.79 Å². The molecule has 0 heterocycles. The van der Waals surface area contributed by atoms with Crippen molar-refractivity contribution in [1.82, 2.24) is 10.6 Å². The Labute approximate surface area is 94.4 Å². The van der Waals surface area contributed by atoms with Crippen molar-refractivity contribution in [1.29, 1.82) is 0 Å². The first-order valence-electron chi connectivity index (χ1n) is 5.10. The molecule has 0 aliphatic heterocycles. The van der Waals surface area contributed by atoms with E-state index in [0.29, 0.717) is 0 Å². The average molecular weight is 230 g/mol. The molecule has 3 N–H and O–H groups in total. The third kappa shape index (κ3) is 6.80. The van der Waals surface area contributed by atoms with E-state index in [0.717, 1.165) is 6.42 Å². The summed E-state index contributed by atoms with van der Waals surface area (Å²) >= 11 is 0. The molecule has 6 nitrogen and oxygen atoms in total. The topological polar surface area (TPSA) is 95.5 Å². The Balaban J connectivity index is 3.96. The predicted octanol–water partition coefficient (Wildman–Crippen LogP) is 0.866. The molecule has 0 fully saturated rings. The van der Waals surface area contributed by atoms with Crippen LogP contribution in [0, 0.1) is 0 Å². The molecule has 0 rings (SSSR count). The van der Waals surface area contributed by atoms with Gasteiger partial charge in [-0.05, 0) is 20.3 Å². The lowest BCUT2D eigenvalue weighted by molar-refractivity contribution is -0.138. The number of carbonyl (C=O) groups is 3. The van der Waals surface area contributed by atoms with E-state index < -0.39 is 23.4 Å². The Kier molecular flexibility index (Phi) is 5.49. The first-order valence-corrected chi connectivity index (χ1v) is 5.10. The highest BCUT2D eigenvalue weighted by Crippen LogP contribution is 2.05. The molecule has 0 bridgehead atoms. The molecule has 0 atom stereocenters. The molecule has 6 heteroatoms. The van der Waals surface area contributed by atoms with Crippen LogP contribution >= 0.6 is 0 Å². The highest BCUT2D eigenvalue weighted by molar-refractivity contribution is 5.95. The summed E-state index contributed by atoms with van der Waals surface area (Å²) < 4.78 is 0. The van der Waals surface area contributed by atoms with Gasteiger partial charge in [-0.3, -0.25) is 14.9 Å². The number of hydrogen-bond donors (Lipinski definition) is 3. The fraction of sp³-hybridized carbons (Fsp3) is 0.700. The summed E-state index contributed by atoms with van der Waals surface area (Å²) in [6.07, 6.45) is 0.245. The van der Waals surface area contributed by atoms with Crippen molar-refractivity contribution in [2.75, 3.05) is 0 Å². The lowest BCUT2D eigenvalue weighted by Gasteiger charge is -2.24. The molecule has 0 aromatic heterocycles. The number of nitrogens with one attached hydrogen (secondary N) is 2. The van der Waals surface area contributed by atoms with E-state index in [2.05, 4.69) is 10.6 Å². The van der Waals surface area contributed by atoms with Gasteiger partial charge < -0.3 is 10.4 Å². The minimum absolute atomic E-state index is 0.199. The molecule has 0 radical (unpaired) electrons. The van der Waals surface area contributed by atoms with Crippen molar-refractivity contribution in [3.63, 3.8) is 0 Å². The molecule has 3 amide bonds. The number of carbonyl (C=O) groups excluding carboxylic acids is 2. The molecular weight excluding hydrogens is 212 g/mol. The van der Waals surface area contributed by atoms with Gasteiger partial charge in [-0.2, -0.15) is 0 Å². The third-order valence-corrected chi connectivity index (χ3v) is 2.15. The van der Waals surface area contributed by atoms with Gasteiger partial charge in [0, 0.05) is 12.0 Å². The first kappa shape index (κ1) is 14.4. The fourth-order valence-electron chi connectivity index (χ4n) is 0.837. The van der Waals surface area contributed by atoms with Crippen molar-refractivity contribution < 1.29 is 19.5 Å². The second-order valence-electron chi connectivity index (χ2n) is 4.13. The van der Waals surface area contributed by atoms with Gasteiger partial charge in [-0.1, -0.05) is 6.92 Å². The van der Waals surface area contributed by atoms with Gasteiger partial charge >= 0.3 is 12.0 Å². The summed E-state index contributed by atoms with van der Waals surface area (Å²) in [5.41, 5.74) is -0.392. The van der Waals surface area contributed by atoms with Gasteiger partial charge in [-0.15, -0.1) is 0 Å². The molecule has 0 aliphatic rings. The summed E-state index contributed by atoms with van der Waals surface area (Å²) in [5, 5.41) is 13.0. The number of amides is 3. The van der Waals surface area contributed by atoms with E-state index >= 15 is 0 Å². The zero-order valence-corrected chi connectivity index (χ0v) is 9.79. The largest absolute Gasteiger partial charge is 0.481 e. The van der Waals surface area contributed by atoms with Gasteiger partial charge in [-0.25, -0.2) is 4.79 Å². The van der Waals surface area contributed by atoms with Crippen LogP contribution in [-0.2, 0) is 9.59 Å². The Morgan fingerprint density at radius 2 is 1.75 bits per heavy atom. The number of hydrogen-bond acceptors (Lipinski definition) is 3. The second kappa shape index (κ2) is 6.09. The lowest BCUT2D eigenvalue weighted by atomic mass is 10.0. The van der Waals surface area contributed by atoms with Crippen LogP contribution in [0.5, 0.6) is 0 Å². The highest BCUT2D eigenvalue weighted by Gasteiger charge is 2.19. The molecule has 0 aromatic rings. The predicted molar refractivity (Wildman–Crippen MR) is 57.9 cm³/mol. The van der Waals surface area contributed by atoms with Crippen LogP contribution in [0.1, 0.15) is 40.0 Å². The van der Waals surface area contributed by atoms with Crippen LogP contribution in [-0.4, -0.2) is 28.6 Å². The lowest BCUT2D eigenvalue weighted by Crippen LogP contribution is -2.49. The second-order valence-corrected chi connectivity index (χ2v) is 4.13. The fourth-order valence-corrected chi connectivity index (χ4v) is 0.837. The maximum atomic E-state index is 11.3. The minimum atomic E-state index is -1.07. The zero-order valence-electron chi connectivity index (χ0n) is 9.79. The number of carboxylic acid groups (broad SMARTS) is 1. The van der Waals surface area contributed by atoms with Gasteiger partial charge in [0.25, 0.3) is 0 Å². The van der Waals surface area contributed by atoms with E-state index in [4.69, 9.17) is 5.11 Å². The first-order chi connectivity index (χ1) is 7.26. The zero-order chi connectivity index (χ0) is 12.8. The highest BCUT2D eigenvalue weighted by atomic mass is 16.4. The SMILES string of the molecule is CCC(C)(C)NC(=O)NC(=O)CCC(=O)O. The Hall–Kier alpha value is -1.59. The van der Waals surface area contributed by atoms with Crippen LogP contribution in [0.2, 0.25) is 0 Å². The van der Waals surface area contributed by atoms with E-state index in [9.17, 15) is 14.4 Å². The maximum Gasteiger partial charge on any atom is 0.321 e. The van der Waals surface area contributed by atoms with E-state index in [1.807, 2.05) is 20.8 Å². The number of rotatable bonds is 5. The van der Waals surface area contributed by atoms with E-state index in [1.54, 1.807) is 0 Å². The molecular formula is C10H18N2O4. The quantitative estimate of drug-likeness (QED) is 0.652. The minimum Gasteiger partial charge on any atom is -0.481 e. The van der Waals surface area contributed by atoms with E-state index in [-0.39, 0.29) is 12.8 Å². The molecule has 0 saturated carbocycles. The summed E-state index contributed by atoms with van der Waals surface area (Å²) in [7, 11) is 0. The van der Waals surface area contributed by atoms with Crippen molar-refractivity contribution >= 4 is 17.9 Å². The van der Waals surface area contributed by atoms with Crippen LogP contribution in [0.15, 0.2) is 0 Å². The van der Waals surface area contributed by atoms with Crippen LogP contribution < -0.4 is 10.6 Å². The smallest absolute Gasteiger partial charge is 0.321 e. The molecule has 92 valence electrons. The Morgan fingerprint density at radius 3 is 2.19 bits per heavy atom. The Morgan fingerprint density at radius 1 is 1.19 bits per heavy atom. The van der Waals surface area contributed by atoms with Crippen LogP contribution in [0.3, 0.4) is 0 Å². The number of urea groups is 1. The maximum absolute atomic E-state index is 11.3. The number of imide groups is 1. The number of carboxylic acids is 1. The average Bonchev–Trinajstić information content (AvgIpc) is 2.13. The third-order valence-electron chi connectivity index (χ3n) is 2.15. The van der Waals surface area contributed by atoms with Gasteiger partial charge in [0.15, 0.2) is 0 Å².